The number of ether oxygens (including phenoxy) is 3. The molecule has 2 aliphatic heterocycles. The molecule has 0 bridgehead atoms. The Bertz CT molecular complexity index is 1340. The van der Waals surface area contributed by atoms with Crippen LogP contribution in [0.1, 0.15) is 66.7 Å². The molecule has 2 aromatic rings. The smallest absolute Gasteiger partial charge is 0.254 e. The molecule has 2 fully saturated rings. The number of H-pyrrole nitrogens is 1. The molecule has 1 saturated heterocycles. The molecule has 1 aromatic carbocycles. The molecule has 0 spiro atoms. The van der Waals surface area contributed by atoms with Crippen LogP contribution in [0.4, 0.5) is 4.39 Å². The number of likely N-dealkylation sites (tertiary alicyclic amines) is 1. The van der Waals surface area contributed by atoms with Gasteiger partial charge < -0.3 is 24.5 Å². The molecule has 1 aliphatic carbocycles. The van der Waals surface area contributed by atoms with E-state index in [9.17, 15) is 14.0 Å². The van der Waals surface area contributed by atoms with Crippen LogP contribution in [0, 0.1) is 19.8 Å². The van der Waals surface area contributed by atoms with Crippen molar-refractivity contribution >= 4 is 29.3 Å². The number of carbonyl (C=O) groups is 1. The molecule has 1 amide bonds. The molecule has 1 saturated carbocycles. The fraction of sp³-hybridized carbons (Fsp3) is 0.586. The zero-order valence-electron chi connectivity index (χ0n) is 23.6. The number of aromatic nitrogens is 1. The molecule has 40 heavy (non-hydrogen) atoms. The fourth-order valence-corrected chi connectivity index (χ4v) is 7.07. The number of amides is 1. The van der Waals surface area contributed by atoms with Gasteiger partial charge in [-0.25, -0.2) is 4.39 Å². The number of aryl methyl sites for hydroxylation is 1. The minimum Gasteiger partial charge on any atom is -0.448 e. The van der Waals surface area contributed by atoms with Gasteiger partial charge in [-0.15, -0.1) is 11.8 Å². The van der Waals surface area contributed by atoms with Crippen molar-refractivity contribution in [3.05, 3.63) is 49.9 Å². The van der Waals surface area contributed by atoms with Crippen LogP contribution < -0.4 is 20.3 Å². The average molecular weight is 594 g/mol. The van der Waals surface area contributed by atoms with Crippen LogP contribution in [0.25, 0.3) is 0 Å². The second-order valence-electron chi connectivity index (χ2n) is 11.2. The van der Waals surface area contributed by atoms with E-state index in [0.29, 0.717) is 39.3 Å². The molecular weight excluding hydrogens is 557 g/mol. The highest BCUT2D eigenvalue weighted by molar-refractivity contribution is 7.98. The summed E-state index contributed by atoms with van der Waals surface area (Å²) < 4.78 is 31.2. The molecule has 3 aliphatic rings. The van der Waals surface area contributed by atoms with Crippen LogP contribution in [0.3, 0.4) is 0 Å². The monoisotopic (exact) mass is 593 g/mol. The molecule has 1 aromatic heterocycles. The normalized spacial score (nSPS) is 25.5. The fourth-order valence-electron chi connectivity index (χ4n) is 6.13. The maximum atomic E-state index is 13.2. The predicted octanol–water partition coefficient (Wildman–Crippen LogP) is 5.36. The molecule has 5 rings (SSSR count). The largest absolute Gasteiger partial charge is 0.448 e. The van der Waals surface area contributed by atoms with Crippen LogP contribution in [0.5, 0.6) is 11.5 Å². The Hall–Kier alpha value is -2.27. The van der Waals surface area contributed by atoms with Gasteiger partial charge in [0, 0.05) is 65.8 Å². The number of alkyl halides is 1. The Morgan fingerprint density at radius 1 is 1.25 bits per heavy atom. The van der Waals surface area contributed by atoms with E-state index >= 15 is 0 Å². The number of hydrogen-bond acceptors (Lipinski definition) is 7. The molecule has 11 heteroatoms. The van der Waals surface area contributed by atoms with Gasteiger partial charge in [0.2, 0.25) is 0 Å². The summed E-state index contributed by atoms with van der Waals surface area (Å²) in [5.74, 6) is -0.123. The van der Waals surface area contributed by atoms with Crippen molar-refractivity contribution in [1.82, 2.24) is 15.2 Å². The Balaban J connectivity index is 1.23. The summed E-state index contributed by atoms with van der Waals surface area (Å²) in [6, 6.07) is 3.95. The third kappa shape index (κ3) is 5.73. The maximum Gasteiger partial charge on any atom is 0.254 e. The summed E-state index contributed by atoms with van der Waals surface area (Å²) in [6.45, 7) is 8.65. The van der Waals surface area contributed by atoms with E-state index in [1.807, 2.05) is 33.1 Å². The lowest BCUT2D eigenvalue weighted by atomic mass is 9.80. The number of pyridine rings is 1. The minimum atomic E-state index is -1.23. The van der Waals surface area contributed by atoms with Gasteiger partial charge in [-0.05, 0) is 64.8 Å². The Morgan fingerprint density at radius 2 is 1.93 bits per heavy atom. The van der Waals surface area contributed by atoms with Gasteiger partial charge in [-0.1, -0.05) is 11.6 Å². The summed E-state index contributed by atoms with van der Waals surface area (Å²) in [5, 5.41) is 3.19. The predicted molar refractivity (Wildman–Crippen MR) is 153 cm³/mol. The lowest BCUT2D eigenvalue weighted by molar-refractivity contribution is -0.152. The highest BCUT2D eigenvalue weighted by atomic mass is 35.5. The van der Waals surface area contributed by atoms with Gasteiger partial charge in [0.1, 0.15) is 0 Å². The summed E-state index contributed by atoms with van der Waals surface area (Å²) in [6.07, 6.45) is 4.49. The van der Waals surface area contributed by atoms with Crippen molar-refractivity contribution in [2.75, 3.05) is 19.3 Å². The molecule has 0 radical (unpaired) electrons. The first kappa shape index (κ1) is 29.2. The molecule has 3 heterocycles. The van der Waals surface area contributed by atoms with Gasteiger partial charge in [-0.2, -0.15) is 0 Å². The van der Waals surface area contributed by atoms with E-state index in [4.69, 9.17) is 25.8 Å². The topological polar surface area (TPSA) is 92.9 Å². The average Bonchev–Trinajstić information content (AvgIpc) is 3.26. The van der Waals surface area contributed by atoms with E-state index in [2.05, 4.69) is 15.2 Å². The van der Waals surface area contributed by atoms with Crippen molar-refractivity contribution in [3.63, 3.8) is 0 Å². The SMILES string of the molecule is CSc1cc(C)[nH]c(=O)c1CNC(=O)c1cc(Cl)c2c(c1C)OC(C)(C1CCC(N3CC(OC(C)F)C3)CC1)O2. The number of carbonyl (C=O) groups excluding carboxylic acids is 1. The molecule has 8 nitrogen and oxygen atoms in total. The molecule has 218 valence electrons. The Kier molecular flexibility index (Phi) is 8.44. The van der Waals surface area contributed by atoms with E-state index < -0.39 is 12.1 Å². The summed E-state index contributed by atoms with van der Waals surface area (Å²) in [7, 11) is 0. The number of rotatable bonds is 8. The number of thioether (sulfide) groups is 1. The third-order valence-corrected chi connectivity index (χ3v) is 9.46. The van der Waals surface area contributed by atoms with Crippen LogP contribution >= 0.6 is 23.4 Å². The van der Waals surface area contributed by atoms with Crippen molar-refractivity contribution < 1.29 is 23.4 Å². The van der Waals surface area contributed by atoms with E-state index in [-0.39, 0.29) is 30.0 Å². The summed E-state index contributed by atoms with van der Waals surface area (Å²) in [5.41, 5.74) is 2.09. The van der Waals surface area contributed by atoms with Gasteiger partial charge in [0.15, 0.2) is 17.9 Å². The lowest BCUT2D eigenvalue weighted by Gasteiger charge is -2.47. The Morgan fingerprint density at radius 3 is 2.58 bits per heavy atom. The summed E-state index contributed by atoms with van der Waals surface area (Å²) >= 11 is 8.08. The molecule has 2 N–H and O–H groups in total. The van der Waals surface area contributed by atoms with E-state index in [0.717, 1.165) is 49.4 Å². The number of fused-ring (bicyclic) bond motifs is 1. The van der Waals surface area contributed by atoms with Crippen molar-refractivity contribution in [3.8, 4) is 11.5 Å². The van der Waals surface area contributed by atoms with Gasteiger partial charge >= 0.3 is 0 Å². The Labute approximate surface area is 243 Å². The van der Waals surface area contributed by atoms with Gasteiger partial charge in [-0.3, -0.25) is 14.5 Å². The molecule has 2 unspecified atom stereocenters. The first-order valence-corrected chi connectivity index (χ1v) is 15.4. The zero-order chi connectivity index (χ0) is 28.8. The lowest BCUT2D eigenvalue weighted by Crippen LogP contribution is -2.58. The molecular formula is C29H37ClFN3O5S. The number of aromatic amines is 1. The minimum absolute atomic E-state index is 0.0204. The second kappa shape index (κ2) is 11.5. The van der Waals surface area contributed by atoms with Crippen LogP contribution in [0.15, 0.2) is 21.8 Å². The number of benzene rings is 1. The van der Waals surface area contributed by atoms with Crippen LogP contribution in [0.2, 0.25) is 5.02 Å². The highest BCUT2D eigenvalue weighted by Crippen LogP contribution is 2.52. The number of nitrogens with one attached hydrogen (secondary N) is 2. The number of halogens is 2. The van der Waals surface area contributed by atoms with Crippen molar-refractivity contribution in [2.45, 2.75) is 89.1 Å². The third-order valence-electron chi connectivity index (χ3n) is 8.38. The second-order valence-corrected chi connectivity index (χ2v) is 12.4. The van der Waals surface area contributed by atoms with Crippen molar-refractivity contribution in [1.29, 1.82) is 0 Å². The van der Waals surface area contributed by atoms with Gasteiger partial charge in [0.05, 0.1) is 11.1 Å². The maximum absolute atomic E-state index is 13.2. The highest BCUT2D eigenvalue weighted by Gasteiger charge is 2.48. The van der Waals surface area contributed by atoms with E-state index in [1.165, 1.54) is 18.7 Å². The zero-order valence-corrected chi connectivity index (χ0v) is 25.1. The van der Waals surface area contributed by atoms with Gasteiger partial charge in [0.25, 0.3) is 17.3 Å². The van der Waals surface area contributed by atoms with E-state index in [1.54, 1.807) is 6.07 Å². The molecule has 2 atom stereocenters. The number of hydrogen-bond donors (Lipinski definition) is 2. The summed E-state index contributed by atoms with van der Waals surface area (Å²) in [4.78, 5) is 31.7. The van der Waals surface area contributed by atoms with Crippen molar-refractivity contribution in [2.24, 2.45) is 5.92 Å². The first-order valence-electron chi connectivity index (χ1n) is 13.8. The standard InChI is InChI=1S/C29H37ClFN3O5S/c1-15-10-24(40-5)22(28(36)33-15)12-32-27(35)21-11-23(30)26-25(16(21)2)38-29(4,39-26)18-6-8-19(9-7-18)34-13-20(14-34)37-17(3)31/h10-11,17-20H,6-9,12-14H2,1-5H3,(H,32,35)(H,33,36). The quantitative estimate of drug-likeness (QED) is 0.398. The van der Waals surface area contributed by atoms with Crippen LogP contribution in [-0.2, 0) is 11.3 Å². The first-order chi connectivity index (χ1) is 19.0. The van der Waals surface area contributed by atoms with Crippen LogP contribution in [-0.4, -0.2) is 59.4 Å². The number of nitrogens with zero attached hydrogens (tertiary/aromatic N) is 1.